The Morgan fingerprint density at radius 3 is 2.19 bits per heavy atom. The molecule has 0 heterocycles. The number of hydrogen-bond acceptors (Lipinski definition) is 2. The summed E-state index contributed by atoms with van der Waals surface area (Å²) in [6, 6.07) is 0. The molecule has 0 aromatic heterocycles. The number of rotatable bonds is 1. The minimum absolute atomic E-state index is 0.237. The molecular weight excluding hydrogens is 198 g/mol. The molecule has 0 bridgehead atoms. The molecule has 0 amide bonds. The number of nitrogens with two attached hydrogens (primary N) is 1. The van der Waals surface area contributed by atoms with Gasteiger partial charge in [-0.3, -0.25) is 0 Å². The number of aliphatic hydroxyl groups is 1. The van der Waals surface area contributed by atoms with Crippen LogP contribution in [0.25, 0.3) is 0 Å². The topological polar surface area (TPSA) is 46.2 Å². The Labute approximate surface area is 99.6 Å². The summed E-state index contributed by atoms with van der Waals surface area (Å²) in [7, 11) is 0. The lowest BCUT2D eigenvalue weighted by Crippen LogP contribution is -2.62. The molecule has 2 rings (SSSR count). The van der Waals surface area contributed by atoms with E-state index >= 15 is 0 Å². The summed E-state index contributed by atoms with van der Waals surface area (Å²) < 4.78 is 0. The van der Waals surface area contributed by atoms with Crippen LogP contribution >= 0.6 is 0 Å². The van der Waals surface area contributed by atoms with Crippen LogP contribution < -0.4 is 5.73 Å². The summed E-state index contributed by atoms with van der Waals surface area (Å²) >= 11 is 0. The summed E-state index contributed by atoms with van der Waals surface area (Å²) in [4.78, 5) is 0. The second-order valence-corrected chi connectivity index (χ2v) is 7.25. The largest absolute Gasteiger partial charge is 0.388 e. The van der Waals surface area contributed by atoms with Crippen molar-refractivity contribution in [1.82, 2.24) is 0 Å². The van der Waals surface area contributed by atoms with Gasteiger partial charge in [-0.05, 0) is 43.4 Å². The van der Waals surface area contributed by atoms with E-state index in [4.69, 9.17) is 5.73 Å². The van der Waals surface area contributed by atoms with Gasteiger partial charge in [0.05, 0.1) is 5.60 Å². The highest BCUT2D eigenvalue weighted by Gasteiger charge is 2.53. The van der Waals surface area contributed by atoms with E-state index in [1.165, 1.54) is 19.3 Å². The van der Waals surface area contributed by atoms with Crippen molar-refractivity contribution in [3.8, 4) is 0 Å². The van der Waals surface area contributed by atoms with Gasteiger partial charge in [-0.25, -0.2) is 0 Å². The lowest BCUT2D eigenvalue weighted by molar-refractivity contribution is -0.109. The SMILES string of the molecule is CC1CC(C)(C)CC(O)(C2(N)CCCC2)C1. The van der Waals surface area contributed by atoms with Crippen molar-refractivity contribution in [2.45, 2.75) is 76.9 Å². The van der Waals surface area contributed by atoms with Crippen LogP contribution in [0, 0.1) is 11.3 Å². The molecule has 0 aromatic carbocycles. The van der Waals surface area contributed by atoms with Gasteiger partial charge in [-0.2, -0.15) is 0 Å². The zero-order valence-corrected chi connectivity index (χ0v) is 11.1. The third-order valence-electron chi connectivity index (χ3n) is 4.78. The van der Waals surface area contributed by atoms with Crippen molar-refractivity contribution < 1.29 is 5.11 Å². The normalized spacial score (nSPS) is 42.2. The first-order valence-corrected chi connectivity index (χ1v) is 6.78. The van der Waals surface area contributed by atoms with Crippen molar-refractivity contribution >= 4 is 0 Å². The van der Waals surface area contributed by atoms with Gasteiger partial charge in [0.1, 0.15) is 0 Å². The highest BCUT2D eigenvalue weighted by molar-refractivity contribution is 5.10. The summed E-state index contributed by atoms with van der Waals surface area (Å²) in [5.74, 6) is 0.592. The maximum atomic E-state index is 11.0. The average Bonchev–Trinajstić information content (AvgIpc) is 2.48. The lowest BCUT2D eigenvalue weighted by atomic mass is 9.59. The maximum absolute atomic E-state index is 11.0. The second kappa shape index (κ2) is 3.71. The molecule has 2 saturated carbocycles. The minimum Gasteiger partial charge on any atom is -0.388 e. The van der Waals surface area contributed by atoms with Crippen LogP contribution in [0.4, 0.5) is 0 Å². The van der Waals surface area contributed by atoms with E-state index in [9.17, 15) is 5.11 Å². The van der Waals surface area contributed by atoms with E-state index in [0.717, 1.165) is 25.7 Å². The molecule has 0 radical (unpaired) electrons. The summed E-state index contributed by atoms with van der Waals surface area (Å²) in [5, 5.41) is 11.0. The van der Waals surface area contributed by atoms with E-state index in [2.05, 4.69) is 20.8 Å². The Kier molecular flexibility index (Phi) is 2.87. The molecule has 2 heteroatoms. The van der Waals surface area contributed by atoms with Gasteiger partial charge in [0.15, 0.2) is 0 Å². The van der Waals surface area contributed by atoms with Crippen LogP contribution in [-0.4, -0.2) is 16.2 Å². The van der Waals surface area contributed by atoms with Crippen LogP contribution in [-0.2, 0) is 0 Å². The summed E-state index contributed by atoms with van der Waals surface area (Å²) in [6.45, 7) is 6.79. The van der Waals surface area contributed by atoms with Crippen LogP contribution in [0.3, 0.4) is 0 Å². The fraction of sp³-hybridized carbons (Fsp3) is 1.00. The molecule has 2 aliphatic rings. The van der Waals surface area contributed by atoms with Crippen LogP contribution in [0.2, 0.25) is 0 Å². The molecule has 0 spiro atoms. The summed E-state index contributed by atoms with van der Waals surface area (Å²) in [6.07, 6.45) is 7.37. The molecule has 0 aliphatic heterocycles. The Morgan fingerprint density at radius 1 is 1.12 bits per heavy atom. The standard InChI is InChI=1S/C14H27NO/c1-11-8-12(2,3)10-14(16,9-11)13(15)6-4-5-7-13/h11,16H,4-10,15H2,1-3H3. The van der Waals surface area contributed by atoms with E-state index in [-0.39, 0.29) is 11.0 Å². The van der Waals surface area contributed by atoms with Crippen molar-refractivity contribution in [2.75, 3.05) is 0 Å². The molecule has 94 valence electrons. The molecule has 3 N–H and O–H groups in total. The first kappa shape index (κ1) is 12.4. The molecule has 16 heavy (non-hydrogen) atoms. The number of hydrogen-bond donors (Lipinski definition) is 2. The molecule has 0 aromatic rings. The highest BCUT2D eigenvalue weighted by atomic mass is 16.3. The first-order chi connectivity index (χ1) is 7.27. The maximum Gasteiger partial charge on any atom is 0.0833 e. The van der Waals surface area contributed by atoms with E-state index < -0.39 is 5.60 Å². The van der Waals surface area contributed by atoms with Crippen molar-refractivity contribution in [1.29, 1.82) is 0 Å². The molecule has 2 atom stereocenters. The molecular formula is C14H27NO. The Hall–Kier alpha value is -0.0800. The fourth-order valence-corrected chi connectivity index (χ4v) is 4.38. The van der Waals surface area contributed by atoms with Crippen LogP contribution in [0.5, 0.6) is 0 Å². The van der Waals surface area contributed by atoms with Gasteiger partial charge in [-0.1, -0.05) is 33.6 Å². The third kappa shape index (κ3) is 2.02. The van der Waals surface area contributed by atoms with Crippen LogP contribution in [0.15, 0.2) is 0 Å². The average molecular weight is 225 g/mol. The second-order valence-electron chi connectivity index (χ2n) is 7.25. The van der Waals surface area contributed by atoms with Gasteiger partial charge in [0.2, 0.25) is 0 Å². The zero-order valence-electron chi connectivity index (χ0n) is 11.1. The van der Waals surface area contributed by atoms with Gasteiger partial charge in [0, 0.05) is 5.54 Å². The van der Waals surface area contributed by atoms with Gasteiger partial charge < -0.3 is 10.8 Å². The molecule has 2 unspecified atom stereocenters. The van der Waals surface area contributed by atoms with E-state index in [1.807, 2.05) is 0 Å². The predicted molar refractivity (Wildman–Crippen MR) is 67.1 cm³/mol. The third-order valence-corrected chi connectivity index (χ3v) is 4.78. The Bertz CT molecular complexity index is 268. The smallest absolute Gasteiger partial charge is 0.0833 e. The van der Waals surface area contributed by atoms with Gasteiger partial charge >= 0.3 is 0 Å². The van der Waals surface area contributed by atoms with Crippen molar-refractivity contribution in [3.05, 3.63) is 0 Å². The zero-order chi connectivity index (χ0) is 12.0. The molecule has 2 aliphatic carbocycles. The van der Waals surface area contributed by atoms with Crippen molar-refractivity contribution in [2.24, 2.45) is 17.1 Å². The van der Waals surface area contributed by atoms with Crippen molar-refractivity contribution in [3.63, 3.8) is 0 Å². The molecule has 2 fully saturated rings. The van der Waals surface area contributed by atoms with Crippen LogP contribution in [0.1, 0.15) is 65.7 Å². The first-order valence-electron chi connectivity index (χ1n) is 6.78. The van der Waals surface area contributed by atoms with Gasteiger partial charge in [-0.15, -0.1) is 0 Å². The van der Waals surface area contributed by atoms with Gasteiger partial charge in [0.25, 0.3) is 0 Å². The van der Waals surface area contributed by atoms with E-state index in [1.54, 1.807) is 0 Å². The van der Waals surface area contributed by atoms with E-state index in [0.29, 0.717) is 5.92 Å². The monoisotopic (exact) mass is 225 g/mol. The lowest BCUT2D eigenvalue weighted by Gasteiger charge is -2.52. The summed E-state index contributed by atoms with van der Waals surface area (Å²) in [5.41, 5.74) is 5.81. The predicted octanol–water partition coefficient (Wildman–Crippen LogP) is 2.84. The fourth-order valence-electron chi connectivity index (χ4n) is 4.38. The molecule has 0 saturated heterocycles. The Balaban J connectivity index is 2.23. The Morgan fingerprint density at radius 2 is 1.69 bits per heavy atom. The quantitative estimate of drug-likeness (QED) is 0.721. The molecule has 2 nitrogen and oxygen atoms in total. The highest BCUT2D eigenvalue weighted by Crippen LogP contribution is 2.51. The minimum atomic E-state index is -0.620.